The zero-order valence-electron chi connectivity index (χ0n) is 13.8. The van der Waals surface area contributed by atoms with E-state index < -0.39 is 0 Å². The molecule has 122 valence electrons. The lowest BCUT2D eigenvalue weighted by Crippen LogP contribution is -2.08. The topological polar surface area (TPSA) is 30.2 Å². The lowest BCUT2D eigenvalue weighted by molar-refractivity contribution is 0.521. The predicted octanol–water partition coefficient (Wildman–Crippen LogP) is 5.17. The van der Waals surface area contributed by atoms with Crippen molar-refractivity contribution >= 4 is 11.0 Å². The van der Waals surface area contributed by atoms with E-state index in [0.29, 0.717) is 23.2 Å². The highest BCUT2D eigenvalue weighted by molar-refractivity contribution is 5.76. The summed E-state index contributed by atoms with van der Waals surface area (Å²) in [7, 11) is 0. The first-order valence-corrected chi connectivity index (χ1v) is 8.43. The van der Waals surface area contributed by atoms with E-state index in [1.165, 1.54) is 11.1 Å². The van der Waals surface area contributed by atoms with Gasteiger partial charge in [-0.1, -0.05) is 72.8 Å². The van der Waals surface area contributed by atoms with Gasteiger partial charge in [0.15, 0.2) is 5.43 Å². The minimum atomic E-state index is 0.0109. The minimum absolute atomic E-state index is 0.0109. The molecule has 1 aromatic heterocycles. The molecule has 0 amide bonds. The molecule has 25 heavy (non-hydrogen) atoms. The van der Waals surface area contributed by atoms with Crippen LogP contribution in [-0.2, 0) is 6.42 Å². The Kier molecular flexibility index (Phi) is 4.17. The molecule has 0 aliphatic rings. The zero-order valence-corrected chi connectivity index (χ0v) is 13.8. The van der Waals surface area contributed by atoms with Gasteiger partial charge in [0.1, 0.15) is 11.3 Å². The lowest BCUT2D eigenvalue weighted by atomic mass is 9.87. The van der Waals surface area contributed by atoms with Gasteiger partial charge in [0, 0.05) is 18.4 Å². The van der Waals surface area contributed by atoms with E-state index in [-0.39, 0.29) is 11.3 Å². The number of hydrogen-bond donors (Lipinski definition) is 0. The van der Waals surface area contributed by atoms with Gasteiger partial charge in [0.2, 0.25) is 0 Å². The van der Waals surface area contributed by atoms with Crippen molar-refractivity contribution in [2.75, 3.05) is 0 Å². The van der Waals surface area contributed by atoms with Gasteiger partial charge in [-0.2, -0.15) is 0 Å². The SMILES string of the molecule is O=c1cc(CC(c2ccccc2)c2ccccc2)oc2ccccc12. The summed E-state index contributed by atoms with van der Waals surface area (Å²) in [5.41, 5.74) is 3.08. The van der Waals surface area contributed by atoms with Crippen molar-refractivity contribution in [2.45, 2.75) is 12.3 Å². The highest BCUT2D eigenvalue weighted by Gasteiger charge is 2.17. The second-order valence-corrected chi connectivity index (χ2v) is 6.15. The van der Waals surface area contributed by atoms with E-state index in [2.05, 4.69) is 24.3 Å². The van der Waals surface area contributed by atoms with E-state index in [1.54, 1.807) is 12.1 Å². The molecule has 2 heteroatoms. The van der Waals surface area contributed by atoms with Crippen LogP contribution in [0.15, 0.2) is 100 Å². The largest absolute Gasteiger partial charge is 0.461 e. The number of hydrogen-bond acceptors (Lipinski definition) is 2. The van der Waals surface area contributed by atoms with Gasteiger partial charge in [-0.05, 0) is 23.3 Å². The van der Waals surface area contributed by atoms with Crippen molar-refractivity contribution in [3.8, 4) is 0 Å². The lowest BCUT2D eigenvalue weighted by Gasteiger charge is -2.17. The van der Waals surface area contributed by atoms with Gasteiger partial charge >= 0.3 is 0 Å². The normalized spacial score (nSPS) is 11.1. The second-order valence-electron chi connectivity index (χ2n) is 6.15. The smallest absolute Gasteiger partial charge is 0.192 e. The summed E-state index contributed by atoms with van der Waals surface area (Å²) in [5, 5.41) is 0.627. The molecule has 0 N–H and O–H groups in total. The molecule has 0 aliphatic heterocycles. The van der Waals surface area contributed by atoms with Crippen molar-refractivity contribution < 1.29 is 4.42 Å². The number of fused-ring (bicyclic) bond motifs is 1. The van der Waals surface area contributed by atoms with Gasteiger partial charge in [0.05, 0.1) is 5.39 Å². The Morgan fingerprint density at radius 2 is 1.28 bits per heavy atom. The average Bonchev–Trinajstić information content (AvgIpc) is 2.67. The fourth-order valence-corrected chi connectivity index (χ4v) is 3.25. The molecular weight excluding hydrogens is 308 g/mol. The molecule has 2 nitrogen and oxygen atoms in total. The molecular formula is C23H18O2. The highest BCUT2D eigenvalue weighted by Crippen LogP contribution is 2.28. The van der Waals surface area contributed by atoms with Crippen molar-refractivity contribution in [3.05, 3.63) is 118 Å². The maximum Gasteiger partial charge on any atom is 0.192 e. The van der Waals surface area contributed by atoms with Gasteiger partial charge in [-0.25, -0.2) is 0 Å². The minimum Gasteiger partial charge on any atom is -0.461 e. The van der Waals surface area contributed by atoms with Crippen molar-refractivity contribution in [2.24, 2.45) is 0 Å². The summed E-state index contributed by atoms with van der Waals surface area (Å²) in [6.45, 7) is 0. The molecule has 4 aromatic rings. The fraction of sp³-hybridized carbons (Fsp3) is 0.0870. The maximum absolute atomic E-state index is 12.4. The van der Waals surface area contributed by atoms with Crippen LogP contribution in [0.4, 0.5) is 0 Å². The molecule has 3 aromatic carbocycles. The molecule has 0 unspecified atom stereocenters. The molecule has 0 fully saturated rings. The second kappa shape index (κ2) is 6.78. The van der Waals surface area contributed by atoms with Crippen LogP contribution in [0.1, 0.15) is 22.8 Å². The fourth-order valence-electron chi connectivity index (χ4n) is 3.25. The summed E-state index contributed by atoms with van der Waals surface area (Å²) >= 11 is 0. The third-order valence-corrected chi connectivity index (χ3v) is 4.49. The quantitative estimate of drug-likeness (QED) is 0.518. The van der Waals surface area contributed by atoms with Crippen LogP contribution in [-0.4, -0.2) is 0 Å². The molecule has 0 radical (unpaired) electrons. The molecule has 0 atom stereocenters. The van der Waals surface area contributed by atoms with Crippen LogP contribution < -0.4 is 5.43 Å². The summed E-state index contributed by atoms with van der Waals surface area (Å²) in [4.78, 5) is 12.4. The summed E-state index contributed by atoms with van der Waals surface area (Å²) < 4.78 is 6.02. The highest BCUT2D eigenvalue weighted by atomic mass is 16.3. The van der Waals surface area contributed by atoms with Crippen LogP contribution in [0.5, 0.6) is 0 Å². The number of benzene rings is 3. The van der Waals surface area contributed by atoms with Crippen LogP contribution in [0.25, 0.3) is 11.0 Å². The molecule has 0 spiro atoms. The number of para-hydroxylation sites is 1. The summed E-state index contributed by atoms with van der Waals surface area (Å²) in [5.74, 6) is 0.855. The Morgan fingerprint density at radius 3 is 1.92 bits per heavy atom. The Bertz CT molecular complexity index is 994. The maximum atomic E-state index is 12.4. The van der Waals surface area contributed by atoms with Gasteiger partial charge in [-0.15, -0.1) is 0 Å². The Hall–Kier alpha value is -3.13. The third kappa shape index (κ3) is 3.24. The first-order valence-electron chi connectivity index (χ1n) is 8.43. The standard InChI is InChI=1S/C23H18O2/c24-22-16-19(25-23-14-8-7-13-20(22)23)15-21(17-9-3-1-4-10-17)18-11-5-2-6-12-18/h1-14,16,21H,15H2. The van der Waals surface area contributed by atoms with Crippen LogP contribution in [0.2, 0.25) is 0 Å². The third-order valence-electron chi connectivity index (χ3n) is 4.49. The first kappa shape index (κ1) is 15.4. The molecule has 4 rings (SSSR count). The van der Waals surface area contributed by atoms with Gasteiger partial charge < -0.3 is 4.42 Å². The first-order chi connectivity index (χ1) is 12.3. The summed E-state index contributed by atoms with van der Waals surface area (Å²) in [6, 6.07) is 29.7. The molecule has 0 saturated carbocycles. The van der Waals surface area contributed by atoms with Crippen LogP contribution in [0, 0.1) is 0 Å². The van der Waals surface area contributed by atoms with E-state index in [0.717, 1.165) is 0 Å². The van der Waals surface area contributed by atoms with Crippen LogP contribution >= 0.6 is 0 Å². The van der Waals surface area contributed by atoms with Gasteiger partial charge in [-0.3, -0.25) is 4.79 Å². The Labute approximate surface area is 146 Å². The monoisotopic (exact) mass is 326 g/mol. The average molecular weight is 326 g/mol. The van der Waals surface area contributed by atoms with Crippen molar-refractivity contribution in [1.29, 1.82) is 0 Å². The Morgan fingerprint density at radius 1 is 0.720 bits per heavy atom. The number of rotatable bonds is 4. The Balaban J connectivity index is 1.78. The molecule has 0 bridgehead atoms. The van der Waals surface area contributed by atoms with Crippen molar-refractivity contribution in [3.63, 3.8) is 0 Å². The molecule has 0 aliphatic carbocycles. The van der Waals surface area contributed by atoms with Gasteiger partial charge in [0.25, 0.3) is 0 Å². The van der Waals surface area contributed by atoms with E-state index >= 15 is 0 Å². The van der Waals surface area contributed by atoms with Crippen LogP contribution in [0.3, 0.4) is 0 Å². The molecule has 0 saturated heterocycles. The summed E-state index contributed by atoms with van der Waals surface area (Å²) in [6.07, 6.45) is 0.647. The van der Waals surface area contributed by atoms with E-state index in [9.17, 15) is 4.79 Å². The van der Waals surface area contributed by atoms with E-state index in [4.69, 9.17) is 4.42 Å². The predicted molar refractivity (Wildman–Crippen MR) is 101 cm³/mol. The molecule has 1 heterocycles. The van der Waals surface area contributed by atoms with Crippen molar-refractivity contribution in [1.82, 2.24) is 0 Å². The van der Waals surface area contributed by atoms with E-state index in [1.807, 2.05) is 54.6 Å². The zero-order chi connectivity index (χ0) is 17.1.